The molecule has 0 bridgehead atoms. The highest BCUT2D eigenvalue weighted by Crippen LogP contribution is 2.39. The van der Waals surface area contributed by atoms with Crippen molar-refractivity contribution in [2.24, 2.45) is 0 Å². The van der Waals surface area contributed by atoms with Gasteiger partial charge >= 0.3 is 0 Å². The summed E-state index contributed by atoms with van der Waals surface area (Å²) in [6.45, 7) is 6.27. The van der Waals surface area contributed by atoms with Gasteiger partial charge < -0.3 is 4.42 Å². The van der Waals surface area contributed by atoms with Crippen LogP contribution in [0, 0.1) is 20.8 Å². The number of hydrogen-bond donors (Lipinski definition) is 0. The fourth-order valence-electron chi connectivity index (χ4n) is 2.39. The van der Waals surface area contributed by atoms with Crippen molar-refractivity contribution in [3.8, 4) is 0 Å². The monoisotopic (exact) mass is 346 g/mol. The van der Waals surface area contributed by atoms with Crippen LogP contribution in [0.2, 0.25) is 0 Å². The maximum atomic E-state index is 5.95. The third-order valence-electron chi connectivity index (χ3n) is 3.27. The van der Waals surface area contributed by atoms with Crippen LogP contribution in [0.4, 0.5) is 0 Å². The van der Waals surface area contributed by atoms with E-state index in [-0.39, 0.29) is 0 Å². The van der Waals surface area contributed by atoms with Gasteiger partial charge in [-0.05, 0) is 62.2 Å². The van der Waals surface area contributed by atoms with E-state index in [9.17, 15) is 0 Å². The molecule has 20 heavy (non-hydrogen) atoms. The van der Waals surface area contributed by atoms with Crippen molar-refractivity contribution in [1.29, 1.82) is 0 Å². The summed E-state index contributed by atoms with van der Waals surface area (Å²) in [4.78, 5) is 2.44. The van der Waals surface area contributed by atoms with E-state index in [0.717, 1.165) is 15.8 Å². The van der Waals surface area contributed by atoms with E-state index in [0.29, 0.717) is 0 Å². The minimum absolute atomic E-state index is 0.988. The number of hydrogen-bond acceptors (Lipinski definition) is 2. The number of rotatable bonds is 2. The number of benzene rings is 2. The Morgan fingerprint density at radius 2 is 1.70 bits per heavy atom. The first-order valence-electron chi connectivity index (χ1n) is 6.48. The van der Waals surface area contributed by atoms with E-state index in [1.807, 2.05) is 6.92 Å². The molecule has 0 spiro atoms. The van der Waals surface area contributed by atoms with Crippen LogP contribution in [0.1, 0.15) is 16.9 Å². The smallest absolute Gasteiger partial charge is 0.138 e. The van der Waals surface area contributed by atoms with Gasteiger partial charge in [0, 0.05) is 14.8 Å². The molecule has 0 saturated carbocycles. The van der Waals surface area contributed by atoms with Crippen molar-refractivity contribution >= 4 is 38.7 Å². The third-order valence-corrected chi connectivity index (χ3v) is 5.02. The molecule has 3 aromatic rings. The molecular formula is C17H15BrOS. The fourth-order valence-corrected chi connectivity index (χ4v) is 3.61. The quantitative estimate of drug-likeness (QED) is 0.542. The van der Waals surface area contributed by atoms with E-state index in [2.05, 4.69) is 66.2 Å². The summed E-state index contributed by atoms with van der Waals surface area (Å²) in [5.41, 5.74) is 3.48. The summed E-state index contributed by atoms with van der Waals surface area (Å²) in [6, 6.07) is 12.7. The first-order chi connectivity index (χ1) is 9.54. The SMILES string of the molecule is Cc1cc(C)c2oc(C)c(Sc3ccc(Br)cc3)c2c1. The van der Waals surface area contributed by atoms with Crippen LogP contribution in [-0.4, -0.2) is 0 Å². The molecule has 0 radical (unpaired) electrons. The van der Waals surface area contributed by atoms with Gasteiger partial charge in [0.25, 0.3) is 0 Å². The van der Waals surface area contributed by atoms with E-state index in [1.165, 1.54) is 26.3 Å². The third kappa shape index (κ3) is 2.52. The van der Waals surface area contributed by atoms with Crippen molar-refractivity contribution in [3.63, 3.8) is 0 Å². The Hall–Kier alpha value is -1.19. The number of aryl methyl sites for hydroxylation is 3. The highest BCUT2D eigenvalue weighted by Gasteiger charge is 2.14. The van der Waals surface area contributed by atoms with E-state index in [4.69, 9.17) is 4.42 Å². The first-order valence-corrected chi connectivity index (χ1v) is 8.09. The molecule has 0 atom stereocenters. The molecule has 102 valence electrons. The molecule has 0 aliphatic carbocycles. The van der Waals surface area contributed by atoms with Crippen LogP contribution < -0.4 is 0 Å². The Morgan fingerprint density at radius 1 is 1.00 bits per heavy atom. The van der Waals surface area contributed by atoms with E-state index in [1.54, 1.807) is 11.8 Å². The summed E-state index contributed by atoms with van der Waals surface area (Å²) < 4.78 is 7.05. The summed E-state index contributed by atoms with van der Waals surface area (Å²) in [5.74, 6) is 0.988. The lowest BCUT2D eigenvalue weighted by Crippen LogP contribution is -1.79. The van der Waals surface area contributed by atoms with Gasteiger partial charge in [0.05, 0.1) is 4.90 Å². The van der Waals surface area contributed by atoms with Crippen molar-refractivity contribution in [2.75, 3.05) is 0 Å². The van der Waals surface area contributed by atoms with Crippen LogP contribution >= 0.6 is 27.7 Å². The lowest BCUT2D eigenvalue weighted by atomic mass is 10.1. The second kappa shape index (κ2) is 5.30. The van der Waals surface area contributed by atoms with E-state index >= 15 is 0 Å². The van der Waals surface area contributed by atoms with Gasteiger partial charge in [0.15, 0.2) is 0 Å². The molecule has 0 N–H and O–H groups in total. The number of halogens is 1. The molecule has 0 saturated heterocycles. The second-order valence-corrected chi connectivity index (χ2v) is 7.00. The highest BCUT2D eigenvalue weighted by molar-refractivity contribution is 9.10. The predicted octanol–water partition coefficient (Wildman–Crippen LogP) is 6.27. The summed E-state index contributed by atoms with van der Waals surface area (Å²) in [5, 5.41) is 1.22. The average Bonchev–Trinajstić information content (AvgIpc) is 2.70. The minimum Gasteiger partial charge on any atom is -0.460 e. The molecule has 3 heteroatoms. The van der Waals surface area contributed by atoms with Gasteiger partial charge in [-0.3, -0.25) is 0 Å². The standard InChI is InChI=1S/C17H15BrOS/c1-10-8-11(2)16-15(9-10)17(12(3)19-16)20-14-6-4-13(18)5-7-14/h4-9H,1-3H3. The summed E-state index contributed by atoms with van der Waals surface area (Å²) in [7, 11) is 0. The second-order valence-electron chi connectivity index (χ2n) is 5.00. The predicted molar refractivity (Wildman–Crippen MR) is 88.7 cm³/mol. The topological polar surface area (TPSA) is 13.1 Å². The minimum atomic E-state index is 0.988. The van der Waals surface area contributed by atoms with Crippen LogP contribution in [0.3, 0.4) is 0 Å². The maximum Gasteiger partial charge on any atom is 0.138 e. The molecule has 2 aromatic carbocycles. The van der Waals surface area contributed by atoms with Gasteiger partial charge in [-0.25, -0.2) is 0 Å². The summed E-state index contributed by atoms with van der Waals surface area (Å²) >= 11 is 5.23. The van der Waals surface area contributed by atoms with Crippen molar-refractivity contribution in [1.82, 2.24) is 0 Å². The first kappa shape index (κ1) is 13.8. The molecule has 1 aromatic heterocycles. The van der Waals surface area contributed by atoms with Gasteiger partial charge in [0.2, 0.25) is 0 Å². The van der Waals surface area contributed by atoms with Crippen LogP contribution in [-0.2, 0) is 0 Å². The summed E-state index contributed by atoms with van der Waals surface area (Å²) in [6.07, 6.45) is 0. The Labute approximate surface area is 131 Å². The normalized spacial score (nSPS) is 11.2. The molecular weight excluding hydrogens is 332 g/mol. The van der Waals surface area contributed by atoms with E-state index < -0.39 is 0 Å². The van der Waals surface area contributed by atoms with Gasteiger partial charge in [-0.15, -0.1) is 0 Å². The Bertz CT molecular complexity index is 772. The fraction of sp³-hybridized carbons (Fsp3) is 0.176. The van der Waals surface area contributed by atoms with Gasteiger partial charge in [0.1, 0.15) is 11.3 Å². The zero-order valence-electron chi connectivity index (χ0n) is 11.7. The van der Waals surface area contributed by atoms with Crippen molar-refractivity contribution < 1.29 is 4.42 Å². The van der Waals surface area contributed by atoms with Gasteiger partial charge in [-0.1, -0.05) is 33.8 Å². The molecule has 1 nitrogen and oxygen atoms in total. The van der Waals surface area contributed by atoms with Crippen LogP contribution in [0.15, 0.2) is 55.1 Å². The Balaban J connectivity index is 2.11. The van der Waals surface area contributed by atoms with Crippen molar-refractivity contribution in [3.05, 3.63) is 57.8 Å². The maximum absolute atomic E-state index is 5.95. The molecule has 0 amide bonds. The zero-order chi connectivity index (χ0) is 14.3. The number of fused-ring (bicyclic) bond motifs is 1. The van der Waals surface area contributed by atoms with Crippen LogP contribution in [0.5, 0.6) is 0 Å². The highest BCUT2D eigenvalue weighted by atomic mass is 79.9. The molecule has 1 heterocycles. The Morgan fingerprint density at radius 3 is 2.40 bits per heavy atom. The zero-order valence-corrected chi connectivity index (χ0v) is 14.1. The van der Waals surface area contributed by atoms with Gasteiger partial charge in [-0.2, -0.15) is 0 Å². The van der Waals surface area contributed by atoms with Crippen molar-refractivity contribution in [2.45, 2.75) is 30.6 Å². The largest absolute Gasteiger partial charge is 0.460 e. The molecule has 0 fully saturated rings. The molecule has 0 unspecified atom stereocenters. The molecule has 0 aliphatic rings. The molecule has 3 rings (SSSR count). The molecule has 0 aliphatic heterocycles. The Kier molecular flexibility index (Phi) is 3.65. The van der Waals surface area contributed by atoms with Crippen LogP contribution in [0.25, 0.3) is 11.0 Å². The number of furan rings is 1. The lowest BCUT2D eigenvalue weighted by molar-refractivity contribution is 0.566. The lowest BCUT2D eigenvalue weighted by Gasteiger charge is -2.02. The average molecular weight is 347 g/mol.